The summed E-state index contributed by atoms with van der Waals surface area (Å²) in [6.07, 6.45) is 2.46. The number of esters is 1. The minimum absolute atomic E-state index is 0.309. The van der Waals surface area contributed by atoms with Crippen LogP contribution in [0.25, 0.3) is 0 Å². The molecule has 0 atom stereocenters. The lowest BCUT2D eigenvalue weighted by molar-refractivity contribution is 0.0525. The summed E-state index contributed by atoms with van der Waals surface area (Å²) in [6.45, 7) is 6.37. The molecule has 0 unspecified atom stereocenters. The van der Waals surface area contributed by atoms with Crippen LogP contribution in [0.1, 0.15) is 35.3 Å². The average molecular weight is 297 g/mol. The summed E-state index contributed by atoms with van der Waals surface area (Å²) >= 11 is 1.37. The monoisotopic (exact) mass is 297 g/mol. The maximum atomic E-state index is 11.6. The van der Waals surface area contributed by atoms with Crippen LogP contribution in [-0.2, 0) is 11.3 Å². The van der Waals surface area contributed by atoms with Crippen LogP contribution < -0.4 is 5.32 Å². The summed E-state index contributed by atoms with van der Waals surface area (Å²) in [5.41, 5.74) is 0.977. The lowest BCUT2D eigenvalue weighted by Crippen LogP contribution is -2.36. The highest BCUT2D eigenvalue weighted by atomic mass is 32.1. The molecule has 2 heterocycles. The quantitative estimate of drug-likeness (QED) is 0.811. The van der Waals surface area contributed by atoms with Crippen molar-refractivity contribution in [2.45, 2.75) is 26.3 Å². The van der Waals surface area contributed by atoms with Crippen LogP contribution in [-0.4, -0.2) is 49.1 Å². The lowest BCUT2D eigenvalue weighted by Gasteiger charge is -2.31. The summed E-state index contributed by atoms with van der Waals surface area (Å²) in [5.74, 6) is 0.484. The van der Waals surface area contributed by atoms with E-state index in [0.717, 1.165) is 37.8 Å². The molecule has 0 spiro atoms. The van der Waals surface area contributed by atoms with Gasteiger partial charge >= 0.3 is 5.97 Å². The summed E-state index contributed by atoms with van der Waals surface area (Å²) in [5, 5.41) is 5.68. The van der Waals surface area contributed by atoms with E-state index in [1.54, 1.807) is 0 Å². The number of likely N-dealkylation sites (tertiary alicyclic amines) is 1. The summed E-state index contributed by atoms with van der Waals surface area (Å²) < 4.78 is 4.96. The molecular weight excluding hydrogens is 274 g/mol. The van der Waals surface area contributed by atoms with Crippen LogP contribution >= 0.6 is 11.3 Å². The normalized spacial score (nSPS) is 17.3. The second kappa shape index (κ2) is 7.71. The van der Waals surface area contributed by atoms with Crippen molar-refractivity contribution in [2.75, 3.05) is 33.3 Å². The van der Waals surface area contributed by atoms with Gasteiger partial charge in [0.15, 0.2) is 0 Å². The number of hydrogen-bond acceptors (Lipinski definition) is 6. The summed E-state index contributed by atoms with van der Waals surface area (Å²) in [6, 6.07) is 0. The van der Waals surface area contributed by atoms with E-state index in [2.05, 4.69) is 15.2 Å². The first-order valence-electron chi connectivity index (χ1n) is 7.21. The third kappa shape index (κ3) is 4.26. The highest BCUT2D eigenvalue weighted by Gasteiger charge is 2.20. The van der Waals surface area contributed by atoms with Crippen LogP contribution in [0.2, 0.25) is 0 Å². The minimum atomic E-state index is -0.309. The van der Waals surface area contributed by atoms with Crippen molar-refractivity contribution in [3.05, 3.63) is 16.1 Å². The molecule has 1 aliphatic heterocycles. The molecule has 1 saturated heterocycles. The average Bonchev–Trinajstić information content (AvgIpc) is 2.90. The van der Waals surface area contributed by atoms with Crippen molar-refractivity contribution in [3.8, 4) is 0 Å². The molecule has 6 heteroatoms. The number of nitrogens with zero attached hydrogens (tertiary/aromatic N) is 2. The Kier molecular flexibility index (Phi) is 5.94. The number of aromatic nitrogens is 1. The predicted molar refractivity (Wildman–Crippen MR) is 80.0 cm³/mol. The molecule has 1 fully saturated rings. The number of carbonyl (C=O) groups excluding carboxylic acids is 1. The standard InChI is InChI=1S/C14H23N3O2S/c1-3-19-14(18)13-16-12(10-20-13)9-17-6-4-11(5-7-17)8-15-2/h10-11,15H,3-9H2,1-2H3. The smallest absolute Gasteiger partial charge is 0.367 e. The van der Waals surface area contributed by atoms with E-state index >= 15 is 0 Å². The molecule has 5 nitrogen and oxygen atoms in total. The fraction of sp³-hybridized carbons (Fsp3) is 0.714. The van der Waals surface area contributed by atoms with Crippen molar-refractivity contribution in [1.29, 1.82) is 0 Å². The summed E-state index contributed by atoms with van der Waals surface area (Å²) in [7, 11) is 2.01. The first-order chi connectivity index (χ1) is 9.72. The Bertz CT molecular complexity index is 428. The maximum absolute atomic E-state index is 11.6. The van der Waals surface area contributed by atoms with Gasteiger partial charge in [-0.1, -0.05) is 0 Å². The van der Waals surface area contributed by atoms with Gasteiger partial charge in [0, 0.05) is 11.9 Å². The van der Waals surface area contributed by atoms with Gasteiger partial charge in [-0.2, -0.15) is 0 Å². The van der Waals surface area contributed by atoms with E-state index < -0.39 is 0 Å². The number of carbonyl (C=O) groups is 1. The number of rotatable bonds is 6. The zero-order chi connectivity index (χ0) is 14.4. The second-order valence-electron chi connectivity index (χ2n) is 5.14. The number of hydrogen-bond donors (Lipinski definition) is 1. The Balaban J connectivity index is 1.81. The molecule has 0 amide bonds. The van der Waals surface area contributed by atoms with Crippen LogP contribution in [0.4, 0.5) is 0 Å². The zero-order valence-electron chi connectivity index (χ0n) is 12.2. The van der Waals surface area contributed by atoms with E-state index in [4.69, 9.17) is 4.74 Å². The molecule has 1 aromatic heterocycles. The Morgan fingerprint density at radius 2 is 2.30 bits per heavy atom. The van der Waals surface area contributed by atoms with Gasteiger partial charge in [0.05, 0.1) is 12.3 Å². The van der Waals surface area contributed by atoms with Crippen LogP contribution in [0.5, 0.6) is 0 Å². The van der Waals surface area contributed by atoms with Gasteiger partial charge in [0.1, 0.15) is 0 Å². The Hall–Kier alpha value is -0.980. The van der Waals surface area contributed by atoms with Crippen molar-refractivity contribution >= 4 is 17.3 Å². The van der Waals surface area contributed by atoms with Gasteiger partial charge in [0.2, 0.25) is 5.01 Å². The van der Waals surface area contributed by atoms with Gasteiger partial charge in [0.25, 0.3) is 0 Å². The molecule has 0 aliphatic carbocycles. The number of nitrogens with one attached hydrogen (secondary N) is 1. The molecule has 20 heavy (non-hydrogen) atoms. The minimum Gasteiger partial charge on any atom is -0.461 e. The van der Waals surface area contributed by atoms with Crippen molar-refractivity contribution < 1.29 is 9.53 Å². The lowest BCUT2D eigenvalue weighted by atomic mass is 9.97. The Morgan fingerprint density at radius 3 is 2.95 bits per heavy atom. The third-order valence-electron chi connectivity index (χ3n) is 3.59. The van der Waals surface area contributed by atoms with Gasteiger partial charge in [-0.15, -0.1) is 11.3 Å². The van der Waals surface area contributed by atoms with Gasteiger partial charge < -0.3 is 10.1 Å². The first kappa shape index (κ1) is 15.4. The maximum Gasteiger partial charge on any atom is 0.367 e. The van der Waals surface area contributed by atoms with Crippen LogP contribution in [0.3, 0.4) is 0 Å². The van der Waals surface area contributed by atoms with Crippen molar-refractivity contribution in [1.82, 2.24) is 15.2 Å². The highest BCUT2D eigenvalue weighted by Crippen LogP contribution is 2.19. The fourth-order valence-electron chi connectivity index (χ4n) is 2.53. The largest absolute Gasteiger partial charge is 0.461 e. The molecular formula is C14H23N3O2S. The van der Waals surface area contributed by atoms with Crippen LogP contribution in [0.15, 0.2) is 5.38 Å². The molecule has 0 bridgehead atoms. The number of piperidine rings is 1. The molecule has 1 N–H and O–H groups in total. The van der Waals surface area contributed by atoms with E-state index in [1.807, 2.05) is 19.4 Å². The van der Waals surface area contributed by atoms with E-state index in [-0.39, 0.29) is 5.97 Å². The Morgan fingerprint density at radius 1 is 1.55 bits per heavy atom. The topological polar surface area (TPSA) is 54.5 Å². The SMILES string of the molecule is CCOC(=O)c1nc(CN2CCC(CNC)CC2)cs1. The molecule has 2 rings (SSSR count). The van der Waals surface area contributed by atoms with E-state index in [0.29, 0.717) is 11.6 Å². The van der Waals surface area contributed by atoms with Crippen LogP contribution in [0, 0.1) is 5.92 Å². The molecule has 1 aromatic rings. The third-order valence-corrected chi connectivity index (χ3v) is 4.46. The predicted octanol–water partition coefficient (Wildman–Crippen LogP) is 1.75. The first-order valence-corrected chi connectivity index (χ1v) is 8.09. The van der Waals surface area contributed by atoms with E-state index in [1.165, 1.54) is 24.2 Å². The highest BCUT2D eigenvalue weighted by molar-refractivity contribution is 7.11. The van der Waals surface area contributed by atoms with Crippen molar-refractivity contribution in [3.63, 3.8) is 0 Å². The van der Waals surface area contributed by atoms with Gasteiger partial charge in [-0.3, -0.25) is 4.90 Å². The molecule has 0 saturated carbocycles. The molecule has 0 aromatic carbocycles. The molecule has 112 valence electrons. The number of ether oxygens (including phenoxy) is 1. The fourth-order valence-corrected chi connectivity index (χ4v) is 3.23. The summed E-state index contributed by atoms with van der Waals surface area (Å²) in [4.78, 5) is 18.4. The molecule has 1 aliphatic rings. The zero-order valence-corrected chi connectivity index (χ0v) is 13.0. The Labute approximate surface area is 124 Å². The van der Waals surface area contributed by atoms with Crippen molar-refractivity contribution in [2.24, 2.45) is 5.92 Å². The van der Waals surface area contributed by atoms with E-state index in [9.17, 15) is 4.79 Å². The van der Waals surface area contributed by atoms with Gasteiger partial charge in [-0.25, -0.2) is 9.78 Å². The van der Waals surface area contributed by atoms with Gasteiger partial charge in [-0.05, 0) is 52.4 Å². The number of thiazole rings is 1. The molecule has 0 radical (unpaired) electrons. The second-order valence-corrected chi connectivity index (χ2v) is 6.00.